The minimum atomic E-state index is -0.613. The molecule has 0 bridgehead atoms. The van der Waals surface area contributed by atoms with Gasteiger partial charge in [-0.1, -0.05) is 7.43 Å². The molecular formula is C22H25FeN9O3. The van der Waals surface area contributed by atoms with Crippen LogP contribution in [-0.4, -0.2) is 25.8 Å². The van der Waals surface area contributed by atoms with Crippen LogP contribution in [0.25, 0.3) is 0 Å². The van der Waals surface area contributed by atoms with Gasteiger partial charge in [0, 0.05) is 41.7 Å². The van der Waals surface area contributed by atoms with E-state index in [0.29, 0.717) is 22.6 Å². The van der Waals surface area contributed by atoms with E-state index in [1.54, 1.807) is 37.5 Å². The number of nitro groups is 1. The molecule has 3 aromatic rings. The van der Waals surface area contributed by atoms with Crippen LogP contribution in [0.5, 0.6) is 0 Å². The van der Waals surface area contributed by atoms with Gasteiger partial charge in [-0.2, -0.15) is 10.5 Å². The van der Waals surface area contributed by atoms with Gasteiger partial charge < -0.3 is 17.2 Å². The van der Waals surface area contributed by atoms with Gasteiger partial charge in [0.05, 0.1) is 16.3 Å². The summed E-state index contributed by atoms with van der Waals surface area (Å²) in [4.78, 5) is 31.6. The normalized spacial score (nSPS) is 8.60. The third kappa shape index (κ3) is 10.3. The number of nitriles is 2. The smallest absolute Gasteiger partial charge is 0.305 e. The zero-order valence-corrected chi connectivity index (χ0v) is 19.6. The van der Waals surface area contributed by atoms with Crippen molar-refractivity contribution in [2.24, 2.45) is 5.73 Å². The Morgan fingerprint density at radius 1 is 0.886 bits per heavy atom. The van der Waals surface area contributed by atoms with Crippen LogP contribution >= 0.6 is 0 Å². The van der Waals surface area contributed by atoms with E-state index in [9.17, 15) is 14.9 Å². The number of rotatable bonds is 2. The summed E-state index contributed by atoms with van der Waals surface area (Å²) in [6.07, 6.45) is 4.59. The molecule has 0 radical (unpaired) electrons. The summed E-state index contributed by atoms with van der Waals surface area (Å²) in [7, 11) is 0. The minimum absolute atomic E-state index is 0. The summed E-state index contributed by atoms with van der Waals surface area (Å²) in [5.74, 6) is -0.595. The van der Waals surface area contributed by atoms with Crippen LogP contribution < -0.4 is 17.2 Å². The third-order valence-electron chi connectivity index (χ3n) is 3.75. The molecule has 0 atom stereocenters. The molecule has 0 saturated heterocycles. The second kappa shape index (κ2) is 15.3. The Labute approximate surface area is 213 Å². The summed E-state index contributed by atoms with van der Waals surface area (Å²) in [5.41, 5.74) is 19.3. The number of nitrogens with zero attached hydrogens (tertiary/aromatic N) is 6. The quantitative estimate of drug-likeness (QED) is 0.255. The van der Waals surface area contributed by atoms with Crippen LogP contribution in [0.2, 0.25) is 0 Å². The number of amides is 1. The predicted molar refractivity (Wildman–Crippen MR) is 127 cm³/mol. The first kappa shape index (κ1) is 32.6. The number of carbonyl (C=O) groups is 1. The van der Waals surface area contributed by atoms with Crippen molar-refractivity contribution in [1.82, 2.24) is 15.0 Å². The van der Waals surface area contributed by atoms with E-state index >= 15 is 0 Å². The maximum atomic E-state index is 10.6. The molecule has 3 aromatic heterocycles. The van der Waals surface area contributed by atoms with E-state index in [1.165, 1.54) is 12.3 Å². The summed E-state index contributed by atoms with van der Waals surface area (Å²) in [6, 6.07) is 8.25. The molecule has 6 N–H and O–H groups in total. The van der Waals surface area contributed by atoms with Crippen LogP contribution in [-0.2, 0) is 17.1 Å². The summed E-state index contributed by atoms with van der Waals surface area (Å²) in [6.45, 7) is 5.40. The zero-order chi connectivity index (χ0) is 25.1. The SMILES string of the molecule is C.Cc1cnc(C#N)c(N)c1.Cc1cnc(C#N)c([N+](=O)[O-])c1.Cc1cnc(C(N)=O)c(N)c1.[Fe]. The maximum Gasteiger partial charge on any atom is 0.305 e. The van der Waals surface area contributed by atoms with Crippen molar-refractivity contribution in [3.05, 3.63) is 80.7 Å². The van der Waals surface area contributed by atoms with Crippen LogP contribution in [0.15, 0.2) is 36.8 Å². The van der Waals surface area contributed by atoms with E-state index in [4.69, 9.17) is 27.7 Å². The fourth-order valence-corrected chi connectivity index (χ4v) is 2.26. The Balaban J connectivity index is 0. The van der Waals surface area contributed by atoms with Gasteiger partial charge in [0.2, 0.25) is 5.69 Å². The van der Waals surface area contributed by atoms with Gasteiger partial charge in [0.1, 0.15) is 12.1 Å². The molecule has 0 aliphatic heterocycles. The molecule has 0 aliphatic carbocycles. The second-order valence-electron chi connectivity index (χ2n) is 6.63. The second-order valence-corrected chi connectivity index (χ2v) is 6.63. The van der Waals surface area contributed by atoms with Crippen LogP contribution in [0.4, 0.5) is 17.1 Å². The molecule has 0 unspecified atom stereocenters. The largest absolute Gasteiger partial charge is 0.397 e. The van der Waals surface area contributed by atoms with Gasteiger partial charge >= 0.3 is 5.69 Å². The number of aryl methyl sites for hydroxylation is 3. The summed E-state index contributed by atoms with van der Waals surface area (Å²) < 4.78 is 0. The average Bonchev–Trinajstić information content (AvgIpc) is 2.74. The van der Waals surface area contributed by atoms with E-state index in [2.05, 4.69) is 15.0 Å². The topological polar surface area (TPSA) is 225 Å². The molecule has 13 heteroatoms. The van der Waals surface area contributed by atoms with Crippen molar-refractivity contribution in [2.75, 3.05) is 11.5 Å². The molecule has 0 fully saturated rings. The van der Waals surface area contributed by atoms with Crippen LogP contribution in [0, 0.1) is 53.5 Å². The van der Waals surface area contributed by atoms with E-state index in [-0.39, 0.29) is 41.6 Å². The molecule has 0 saturated carbocycles. The minimum Gasteiger partial charge on any atom is -0.397 e. The molecular weight excluding hydrogens is 494 g/mol. The Bertz CT molecular complexity index is 1270. The fraction of sp³-hybridized carbons (Fsp3) is 0.182. The van der Waals surface area contributed by atoms with Crippen molar-refractivity contribution in [3.8, 4) is 12.1 Å². The van der Waals surface area contributed by atoms with Gasteiger partial charge in [-0.15, -0.1) is 0 Å². The third-order valence-corrected chi connectivity index (χ3v) is 3.75. The van der Waals surface area contributed by atoms with Crippen molar-refractivity contribution < 1.29 is 26.8 Å². The fourth-order valence-electron chi connectivity index (χ4n) is 2.26. The number of hydrogen-bond donors (Lipinski definition) is 3. The summed E-state index contributed by atoms with van der Waals surface area (Å²) in [5, 5.41) is 27.2. The number of anilines is 2. The van der Waals surface area contributed by atoms with Crippen LogP contribution in [0.3, 0.4) is 0 Å². The van der Waals surface area contributed by atoms with Gasteiger partial charge in [0.15, 0.2) is 11.4 Å². The van der Waals surface area contributed by atoms with Crippen molar-refractivity contribution in [2.45, 2.75) is 28.2 Å². The summed E-state index contributed by atoms with van der Waals surface area (Å²) >= 11 is 0. The van der Waals surface area contributed by atoms with E-state index in [0.717, 1.165) is 11.1 Å². The number of primary amides is 1. The molecule has 0 aliphatic rings. The first-order valence-electron chi connectivity index (χ1n) is 9.15. The molecule has 3 heterocycles. The first-order valence-corrected chi connectivity index (χ1v) is 9.15. The van der Waals surface area contributed by atoms with E-state index < -0.39 is 10.8 Å². The van der Waals surface area contributed by atoms with E-state index in [1.807, 2.05) is 19.9 Å². The molecule has 184 valence electrons. The number of hydrogen-bond acceptors (Lipinski definition) is 10. The Kier molecular flexibility index (Phi) is 14.2. The van der Waals surface area contributed by atoms with Gasteiger partial charge in [-0.25, -0.2) is 15.0 Å². The molecule has 1 amide bonds. The molecule has 12 nitrogen and oxygen atoms in total. The zero-order valence-electron chi connectivity index (χ0n) is 18.5. The Morgan fingerprint density at radius 3 is 1.71 bits per heavy atom. The monoisotopic (exact) mass is 519 g/mol. The molecule has 0 spiro atoms. The van der Waals surface area contributed by atoms with Gasteiger partial charge in [-0.05, 0) is 49.6 Å². The number of aromatic nitrogens is 3. The standard InChI is InChI=1S/C7H5N3O2.C7H9N3O.C7H7N3.CH4.Fe/c1-5-2-7(10(11)12)6(3-8)9-4-5;1-4-2-5(8)6(7(9)11)10-3-4;1-5-2-6(9)7(3-8)10-4-5;;/h2,4H,1H3;2-3H,8H2,1H3,(H2,9,11);2,4H,9H2,1H3;1H4;. The predicted octanol–water partition coefficient (Wildman–Crippen LogP) is 2.72. The van der Waals surface area contributed by atoms with Crippen molar-refractivity contribution in [1.29, 1.82) is 10.5 Å². The van der Waals surface area contributed by atoms with Crippen molar-refractivity contribution in [3.63, 3.8) is 0 Å². The number of nitrogen functional groups attached to an aromatic ring is 2. The average molecular weight is 519 g/mol. The van der Waals surface area contributed by atoms with Crippen LogP contribution in [0.1, 0.15) is 46.0 Å². The molecule has 35 heavy (non-hydrogen) atoms. The number of pyridine rings is 3. The Hall–Kier alpha value is -4.58. The van der Waals surface area contributed by atoms with Gasteiger partial charge in [0.25, 0.3) is 5.91 Å². The maximum absolute atomic E-state index is 10.6. The number of nitrogens with two attached hydrogens (primary N) is 3. The Morgan fingerprint density at radius 2 is 1.31 bits per heavy atom. The van der Waals surface area contributed by atoms with Crippen molar-refractivity contribution >= 4 is 23.0 Å². The molecule has 3 rings (SSSR count). The molecule has 0 aromatic carbocycles. The van der Waals surface area contributed by atoms with Gasteiger partial charge in [-0.3, -0.25) is 14.9 Å². The first-order chi connectivity index (χ1) is 15.5. The number of carbonyl (C=O) groups excluding carboxylic acids is 1.